The van der Waals surface area contributed by atoms with Crippen molar-refractivity contribution >= 4 is 23.8 Å². The summed E-state index contributed by atoms with van der Waals surface area (Å²) in [7, 11) is 0. The van der Waals surface area contributed by atoms with Gasteiger partial charge in [0.15, 0.2) is 0 Å². The van der Waals surface area contributed by atoms with Gasteiger partial charge in [-0.2, -0.15) is 11.8 Å². The molecule has 5 nitrogen and oxygen atoms in total. The van der Waals surface area contributed by atoms with E-state index in [1.54, 1.807) is 25.6 Å². The Balaban J connectivity index is 4.12. The third-order valence-corrected chi connectivity index (χ3v) is 3.43. The third kappa shape index (κ3) is 6.41. The first kappa shape index (κ1) is 16.1. The highest BCUT2D eigenvalue weighted by Crippen LogP contribution is 2.03. The van der Waals surface area contributed by atoms with Gasteiger partial charge in [-0.25, -0.2) is 4.79 Å². The normalized spacial score (nSPS) is 15.8. The summed E-state index contributed by atoms with van der Waals surface area (Å²) in [6.45, 7) is 5.27. The highest BCUT2D eigenvalue weighted by Gasteiger charge is 2.21. The van der Waals surface area contributed by atoms with E-state index >= 15 is 0 Å². The maximum atomic E-state index is 11.6. The topological polar surface area (TPSA) is 78.4 Å². The molecule has 6 heteroatoms. The van der Waals surface area contributed by atoms with Crippen LogP contribution in [0.25, 0.3) is 0 Å². The van der Waals surface area contributed by atoms with Crippen LogP contribution in [0.15, 0.2) is 0 Å². The number of carboxylic acid groups (broad SMARTS) is 1. The summed E-state index contributed by atoms with van der Waals surface area (Å²) in [4.78, 5) is 22.3. The molecular weight excluding hydrogens is 240 g/mol. The first-order valence-electron chi connectivity index (χ1n) is 5.71. The predicted octanol–water partition coefficient (Wildman–Crippen LogP) is 1.54. The monoisotopic (exact) mass is 262 g/mol. The maximum absolute atomic E-state index is 11.6. The molecule has 3 N–H and O–H groups in total. The molecule has 0 aromatic heterocycles. The van der Waals surface area contributed by atoms with Crippen molar-refractivity contribution in [3.63, 3.8) is 0 Å². The second-order valence-corrected chi connectivity index (χ2v) is 5.00. The van der Waals surface area contributed by atoms with E-state index in [9.17, 15) is 9.59 Å². The molecule has 0 heterocycles. The number of carbonyl (C=O) groups is 2. The summed E-state index contributed by atoms with van der Waals surface area (Å²) in [6.07, 6.45) is 2.84. The van der Waals surface area contributed by atoms with E-state index in [0.717, 1.165) is 12.2 Å². The SMILES string of the molecule is CCC(CSC)NC(=O)NC(C)C(C)C(=O)O. The Hall–Kier alpha value is -0.910. The van der Waals surface area contributed by atoms with Gasteiger partial charge in [-0.1, -0.05) is 6.92 Å². The van der Waals surface area contributed by atoms with Crippen LogP contribution in [-0.2, 0) is 4.79 Å². The molecule has 0 saturated heterocycles. The van der Waals surface area contributed by atoms with Gasteiger partial charge < -0.3 is 15.7 Å². The van der Waals surface area contributed by atoms with E-state index in [1.807, 2.05) is 13.2 Å². The Morgan fingerprint density at radius 3 is 2.29 bits per heavy atom. The summed E-state index contributed by atoms with van der Waals surface area (Å²) in [5.41, 5.74) is 0. The number of nitrogens with one attached hydrogen (secondary N) is 2. The van der Waals surface area contributed by atoms with Crippen molar-refractivity contribution in [1.29, 1.82) is 0 Å². The number of amides is 2. The lowest BCUT2D eigenvalue weighted by Crippen LogP contribution is -2.48. The molecule has 0 aliphatic carbocycles. The van der Waals surface area contributed by atoms with Gasteiger partial charge in [0.25, 0.3) is 0 Å². The van der Waals surface area contributed by atoms with Crippen LogP contribution in [0.1, 0.15) is 27.2 Å². The minimum Gasteiger partial charge on any atom is -0.481 e. The standard InChI is InChI=1S/C11H22N2O3S/c1-5-9(6-17-4)13-11(16)12-8(3)7(2)10(14)15/h7-9H,5-6H2,1-4H3,(H,14,15)(H2,12,13,16). The zero-order chi connectivity index (χ0) is 13.4. The molecule has 3 unspecified atom stereocenters. The third-order valence-electron chi connectivity index (χ3n) is 2.69. The molecule has 3 atom stereocenters. The molecule has 0 rings (SSSR count). The van der Waals surface area contributed by atoms with E-state index in [4.69, 9.17) is 5.11 Å². The Bertz CT molecular complexity index is 261. The fourth-order valence-electron chi connectivity index (χ4n) is 1.24. The number of carboxylic acids is 1. The molecule has 0 aromatic carbocycles. The van der Waals surface area contributed by atoms with Gasteiger partial charge >= 0.3 is 12.0 Å². The molecule has 0 fully saturated rings. The molecule has 0 aliphatic rings. The number of aliphatic carboxylic acids is 1. The molecule has 0 aromatic rings. The van der Waals surface area contributed by atoms with Gasteiger partial charge in [0.05, 0.1) is 5.92 Å². The van der Waals surface area contributed by atoms with Crippen molar-refractivity contribution in [1.82, 2.24) is 10.6 Å². The lowest BCUT2D eigenvalue weighted by atomic mass is 10.0. The number of urea groups is 1. The highest BCUT2D eigenvalue weighted by atomic mass is 32.2. The fraction of sp³-hybridized carbons (Fsp3) is 0.818. The van der Waals surface area contributed by atoms with Crippen LogP contribution >= 0.6 is 11.8 Å². The Kier molecular flexibility index (Phi) is 7.78. The molecule has 2 amide bonds. The predicted molar refractivity (Wildman–Crippen MR) is 70.4 cm³/mol. The second kappa shape index (κ2) is 8.22. The first-order chi connectivity index (χ1) is 7.92. The average Bonchev–Trinajstić information content (AvgIpc) is 2.26. The van der Waals surface area contributed by atoms with Crippen molar-refractivity contribution in [2.45, 2.75) is 39.3 Å². The van der Waals surface area contributed by atoms with Crippen LogP contribution in [0.4, 0.5) is 4.79 Å². The number of thioether (sulfide) groups is 1. The zero-order valence-electron chi connectivity index (χ0n) is 10.8. The van der Waals surface area contributed by atoms with Crippen molar-refractivity contribution in [3.05, 3.63) is 0 Å². The first-order valence-corrected chi connectivity index (χ1v) is 7.10. The van der Waals surface area contributed by atoms with Gasteiger partial charge in [0.1, 0.15) is 0 Å². The summed E-state index contributed by atoms with van der Waals surface area (Å²) >= 11 is 1.67. The van der Waals surface area contributed by atoms with E-state index in [0.29, 0.717) is 0 Å². The van der Waals surface area contributed by atoms with Crippen molar-refractivity contribution in [3.8, 4) is 0 Å². The lowest BCUT2D eigenvalue weighted by molar-refractivity contribution is -0.141. The molecular formula is C11H22N2O3S. The van der Waals surface area contributed by atoms with Crippen LogP contribution in [-0.4, -0.2) is 41.2 Å². The van der Waals surface area contributed by atoms with Gasteiger partial charge in [0.2, 0.25) is 0 Å². The van der Waals surface area contributed by atoms with Crippen LogP contribution in [0, 0.1) is 5.92 Å². The molecule has 0 radical (unpaired) electrons. The van der Waals surface area contributed by atoms with E-state index in [2.05, 4.69) is 10.6 Å². The van der Waals surface area contributed by atoms with E-state index in [-0.39, 0.29) is 18.1 Å². The minimum absolute atomic E-state index is 0.123. The fourth-order valence-corrected chi connectivity index (χ4v) is 1.96. The molecule has 100 valence electrons. The van der Waals surface area contributed by atoms with Crippen LogP contribution in [0.3, 0.4) is 0 Å². The van der Waals surface area contributed by atoms with Crippen molar-refractivity contribution in [2.24, 2.45) is 5.92 Å². The lowest BCUT2D eigenvalue weighted by Gasteiger charge is -2.21. The van der Waals surface area contributed by atoms with Gasteiger partial charge in [-0.15, -0.1) is 0 Å². The van der Waals surface area contributed by atoms with Crippen molar-refractivity contribution < 1.29 is 14.7 Å². The van der Waals surface area contributed by atoms with Gasteiger partial charge in [-0.05, 0) is 26.5 Å². The Morgan fingerprint density at radius 2 is 1.88 bits per heavy atom. The summed E-state index contributed by atoms with van der Waals surface area (Å²) < 4.78 is 0. The average molecular weight is 262 g/mol. The largest absolute Gasteiger partial charge is 0.481 e. The van der Waals surface area contributed by atoms with Crippen molar-refractivity contribution in [2.75, 3.05) is 12.0 Å². The quantitative estimate of drug-likeness (QED) is 0.650. The maximum Gasteiger partial charge on any atom is 0.315 e. The van der Waals surface area contributed by atoms with Crippen LogP contribution in [0.2, 0.25) is 0 Å². The number of hydrogen-bond acceptors (Lipinski definition) is 3. The smallest absolute Gasteiger partial charge is 0.315 e. The highest BCUT2D eigenvalue weighted by molar-refractivity contribution is 7.98. The minimum atomic E-state index is -0.908. The Morgan fingerprint density at radius 1 is 1.29 bits per heavy atom. The summed E-state index contributed by atoms with van der Waals surface area (Å²) in [5.74, 6) is -0.650. The molecule has 17 heavy (non-hydrogen) atoms. The molecule has 0 saturated carbocycles. The zero-order valence-corrected chi connectivity index (χ0v) is 11.6. The molecule has 0 spiro atoms. The van der Waals surface area contributed by atoms with Crippen LogP contribution in [0.5, 0.6) is 0 Å². The number of hydrogen-bond donors (Lipinski definition) is 3. The molecule has 0 aliphatic heterocycles. The summed E-state index contributed by atoms with van der Waals surface area (Å²) in [6, 6.07) is -0.567. The van der Waals surface area contributed by atoms with Gasteiger partial charge in [0, 0.05) is 17.8 Å². The molecule has 0 bridgehead atoms. The Labute approximate surface area is 107 Å². The number of carbonyl (C=O) groups excluding carboxylic acids is 1. The summed E-state index contributed by atoms with van der Waals surface area (Å²) in [5, 5.41) is 14.3. The van der Waals surface area contributed by atoms with E-state index < -0.39 is 11.9 Å². The van der Waals surface area contributed by atoms with Crippen LogP contribution < -0.4 is 10.6 Å². The van der Waals surface area contributed by atoms with E-state index in [1.165, 1.54) is 0 Å². The second-order valence-electron chi connectivity index (χ2n) is 4.09. The van der Waals surface area contributed by atoms with Gasteiger partial charge in [-0.3, -0.25) is 4.79 Å². The number of rotatable bonds is 7.